The summed E-state index contributed by atoms with van der Waals surface area (Å²) in [5.74, 6) is -0.976. The van der Waals surface area contributed by atoms with Gasteiger partial charge in [-0.1, -0.05) is 30.3 Å². The number of ether oxygens (including phenoxy) is 2. The second kappa shape index (κ2) is 9.73. The summed E-state index contributed by atoms with van der Waals surface area (Å²) < 4.78 is 19.5. The van der Waals surface area contributed by atoms with E-state index in [1.807, 2.05) is 30.3 Å². The number of carboxylic acid groups (broad SMARTS) is 1. The van der Waals surface area contributed by atoms with Crippen LogP contribution in [0.2, 0.25) is 0 Å². The molecule has 10 nitrogen and oxygen atoms in total. The van der Waals surface area contributed by atoms with Crippen LogP contribution in [0, 0.1) is 6.92 Å². The van der Waals surface area contributed by atoms with Crippen LogP contribution in [0.4, 0.5) is 0 Å². The van der Waals surface area contributed by atoms with Gasteiger partial charge in [0.25, 0.3) is 5.56 Å². The second-order valence-corrected chi connectivity index (χ2v) is 10.5. The highest BCUT2D eigenvalue weighted by Crippen LogP contribution is 2.36. The number of hydrogen-bond donors (Lipinski definition) is 1. The molecule has 1 unspecified atom stereocenters. The number of thiophene rings is 1. The van der Waals surface area contributed by atoms with Gasteiger partial charge in [-0.2, -0.15) is 0 Å². The number of oxazole rings is 1. The molecule has 4 aromatic rings. The first-order valence-corrected chi connectivity index (χ1v) is 12.7. The minimum absolute atomic E-state index is 0.0107. The van der Waals surface area contributed by atoms with E-state index in [0.717, 1.165) is 16.6 Å². The Morgan fingerprint density at radius 1 is 1.30 bits per heavy atom. The van der Waals surface area contributed by atoms with Crippen LogP contribution in [0.5, 0.6) is 0 Å². The topological polar surface area (TPSA) is 126 Å². The second-order valence-electron chi connectivity index (χ2n) is 9.49. The van der Waals surface area contributed by atoms with Gasteiger partial charge in [0.15, 0.2) is 0 Å². The Hall–Kier alpha value is -3.54. The van der Waals surface area contributed by atoms with Crippen LogP contribution >= 0.6 is 11.3 Å². The third kappa shape index (κ3) is 4.43. The van der Waals surface area contributed by atoms with E-state index in [0.29, 0.717) is 34.4 Å². The first-order valence-electron chi connectivity index (χ1n) is 11.9. The molecule has 4 heterocycles. The molecule has 0 radical (unpaired) electrons. The van der Waals surface area contributed by atoms with Gasteiger partial charge in [-0.3, -0.25) is 9.36 Å². The van der Waals surface area contributed by atoms with Gasteiger partial charge >= 0.3 is 11.7 Å². The summed E-state index contributed by atoms with van der Waals surface area (Å²) in [6.07, 6.45) is 3.27. The number of aromatic nitrogens is 3. The zero-order valence-corrected chi connectivity index (χ0v) is 21.5. The zero-order chi connectivity index (χ0) is 26.3. The summed E-state index contributed by atoms with van der Waals surface area (Å²) in [7, 11) is 0. The third-order valence-corrected chi connectivity index (χ3v) is 8.02. The van der Waals surface area contributed by atoms with Gasteiger partial charge in [-0.25, -0.2) is 19.1 Å². The van der Waals surface area contributed by atoms with Crippen LogP contribution in [0.15, 0.2) is 56.8 Å². The van der Waals surface area contributed by atoms with E-state index in [1.54, 1.807) is 6.92 Å². The predicted molar refractivity (Wildman–Crippen MR) is 137 cm³/mol. The number of rotatable bonds is 9. The van der Waals surface area contributed by atoms with Gasteiger partial charge in [0.2, 0.25) is 5.89 Å². The third-order valence-electron chi connectivity index (χ3n) is 6.72. The average molecular weight is 526 g/mol. The van der Waals surface area contributed by atoms with Crippen LogP contribution in [-0.2, 0) is 26.4 Å². The Morgan fingerprint density at radius 3 is 2.62 bits per heavy atom. The van der Waals surface area contributed by atoms with Crippen molar-refractivity contribution >= 4 is 27.5 Å². The fourth-order valence-electron chi connectivity index (χ4n) is 4.36. The maximum Gasteiger partial charge on any atom is 0.333 e. The van der Waals surface area contributed by atoms with Crippen molar-refractivity contribution in [3.8, 4) is 10.8 Å². The highest BCUT2D eigenvalue weighted by atomic mass is 32.1. The molecular weight excluding hydrogens is 498 g/mol. The smallest absolute Gasteiger partial charge is 0.333 e. The number of benzene rings is 1. The summed E-state index contributed by atoms with van der Waals surface area (Å²) in [5.41, 5.74) is -1.77. The molecule has 1 fully saturated rings. The lowest BCUT2D eigenvalue weighted by Crippen LogP contribution is -2.52. The quantitative estimate of drug-likeness (QED) is 0.352. The molecule has 1 aliphatic heterocycles. The van der Waals surface area contributed by atoms with Crippen molar-refractivity contribution in [3.63, 3.8) is 0 Å². The van der Waals surface area contributed by atoms with Gasteiger partial charge < -0.3 is 19.0 Å². The number of aryl methyl sites for hydroxylation is 1. The van der Waals surface area contributed by atoms with Crippen molar-refractivity contribution in [1.29, 1.82) is 0 Å². The Morgan fingerprint density at radius 2 is 2.03 bits per heavy atom. The summed E-state index contributed by atoms with van der Waals surface area (Å²) in [6, 6.07) is 9.47. The molecule has 1 saturated heterocycles. The minimum atomic E-state index is -1.79. The van der Waals surface area contributed by atoms with Gasteiger partial charge in [0, 0.05) is 6.61 Å². The van der Waals surface area contributed by atoms with Crippen LogP contribution in [-0.4, -0.2) is 44.5 Å². The van der Waals surface area contributed by atoms with E-state index in [1.165, 1.54) is 42.2 Å². The van der Waals surface area contributed by atoms with E-state index in [9.17, 15) is 19.5 Å². The number of carbonyl (C=O) groups is 1. The van der Waals surface area contributed by atoms with Crippen LogP contribution in [0.25, 0.3) is 21.0 Å². The summed E-state index contributed by atoms with van der Waals surface area (Å²) >= 11 is 1.21. The van der Waals surface area contributed by atoms with Crippen molar-refractivity contribution < 1.29 is 23.8 Å². The van der Waals surface area contributed by atoms with E-state index in [2.05, 4.69) is 4.98 Å². The minimum Gasteiger partial charge on any atom is -0.480 e. The lowest BCUT2D eigenvalue weighted by atomic mass is 10.1. The SMILES string of the molecule is Cc1c(-c2ncco2)sc2c1c(=O)n(C(C)(C)C(=O)O)c(=O)n2C[C@H](OCC1CCO1)c1ccccc1. The number of nitrogens with zero attached hydrogens (tertiary/aromatic N) is 3. The van der Waals surface area contributed by atoms with Gasteiger partial charge in [0.1, 0.15) is 22.7 Å². The number of fused-ring (bicyclic) bond motifs is 1. The van der Waals surface area contributed by atoms with E-state index >= 15 is 0 Å². The zero-order valence-electron chi connectivity index (χ0n) is 20.7. The van der Waals surface area contributed by atoms with Crippen LogP contribution in [0.3, 0.4) is 0 Å². The fraction of sp³-hybridized carbons (Fsp3) is 0.385. The molecule has 37 heavy (non-hydrogen) atoms. The lowest BCUT2D eigenvalue weighted by Gasteiger charge is -2.29. The Balaban J connectivity index is 1.72. The highest BCUT2D eigenvalue weighted by molar-refractivity contribution is 7.22. The Labute approximate surface area is 215 Å². The summed E-state index contributed by atoms with van der Waals surface area (Å²) in [4.78, 5) is 44.9. The van der Waals surface area contributed by atoms with Crippen molar-refractivity contribution in [1.82, 2.24) is 14.1 Å². The first kappa shape index (κ1) is 25.1. The Bertz CT molecular complexity index is 1550. The van der Waals surface area contributed by atoms with Gasteiger partial charge in [0.05, 0.1) is 35.7 Å². The molecular formula is C26H27N3O7S. The molecule has 1 N–H and O–H groups in total. The Kier molecular flexibility index (Phi) is 6.61. The van der Waals surface area contributed by atoms with Crippen molar-refractivity contribution in [3.05, 3.63) is 74.8 Å². The first-order chi connectivity index (χ1) is 17.7. The van der Waals surface area contributed by atoms with E-state index in [4.69, 9.17) is 13.9 Å². The number of aliphatic carboxylic acids is 1. The fourth-order valence-corrected chi connectivity index (χ4v) is 5.60. The normalized spacial score (nSPS) is 16.6. The summed E-state index contributed by atoms with van der Waals surface area (Å²) in [6.45, 7) is 5.52. The monoisotopic (exact) mass is 525 g/mol. The average Bonchev–Trinajstić information content (AvgIpc) is 3.48. The molecule has 0 saturated carbocycles. The molecule has 11 heteroatoms. The van der Waals surface area contributed by atoms with Gasteiger partial charge in [-0.05, 0) is 38.3 Å². The molecule has 0 bridgehead atoms. The molecule has 1 aromatic carbocycles. The van der Waals surface area contributed by atoms with E-state index in [-0.39, 0.29) is 18.0 Å². The molecule has 5 rings (SSSR count). The van der Waals surface area contributed by atoms with Crippen molar-refractivity contribution in [2.75, 3.05) is 13.2 Å². The molecule has 0 amide bonds. The largest absolute Gasteiger partial charge is 0.480 e. The molecule has 3 aromatic heterocycles. The number of hydrogen-bond acceptors (Lipinski definition) is 8. The maximum atomic E-state index is 13.9. The molecule has 0 aliphatic carbocycles. The number of carboxylic acids is 1. The standard InChI is InChI=1S/C26H27N3O7S/c1-15-19-22(30)29(26(2,3)24(31)32)25(33)28(23(19)37-20(15)21-27-10-12-35-21)13-18(16-7-5-4-6-8-16)36-14-17-9-11-34-17/h4-8,10,12,17-18H,9,11,13-14H2,1-3H3,(H,31,32)/t17?,18-/m0/s1. The molecule has 194 valence electrons. The molecule has 2 atom stereocenters. The van der Waals surface area contributed by atoms with Crippen molar-refractivity contribution in [2.24, 2.45) is 0 Å². The highest BCUT2D eigenvalue weighted by Gasteiger charge is 2.36. The van der Waals surface area contributed by atoms with Crippen LogP contribution in [0.1, 0.15) is 37.5 Å². The van der Waals surface area contributed by atoms with Gasteiger partial charge in [-0.15, -0.1) is 11.3 Å². The maximum absolute atomic E-state index is 13.9. The molecule has 0 spiro atoms. The van der Waals surface area contributed by atoms with E-state index < -0.39 is 28.9 Å². The van der Waals surface area contributed by atoms with Crippen molar-refractivity contribution in [2.45, 2.75) is 51.5 Å². The molecule has 1 aliphatic rings. The lowest BCUT2D eigenvalue weighted by molar-refractivity contribution is -0.146. The summed E-state index contributed by atoms with van der Waals surface area (Å²) in [5, 5.41) is 10.2. The van der Waals surface area contributed by atoms with Crippen LogP contribution < -0.4 is 11.2 Å². The predicted octanol–water partition coefficient (Wildman–Crippen LogP) is 3.55.